The van der Waals surface area contributed by atoms with Crippen LogP contribution in [0, 0.1) is 0 Å². The lowest BCUT2D eigenvalue weighted by molar-refractivity contribution is -0.142. The van der Waals surface area contributed by atoms with Crippen molar-refractivity contribution in [3.8, 4) is 5.95 Å². The zero-order valence-electron chi connectivity index (χ0n) is 8.66. The third-order valence-electron chi connectivity index (χ3n) is 1.79. The van der Waals surface area contributed by atoms with Crippen molar-refractivity contribution in [2.45, 2.75) is 13.3 Å². The van der Waals surface area contributed by atoms with E-state index in [0.717, 1.165) is 0 Å². The van der Waals surface area contributed by atoms with E-state index in [9.17, 15) is 4.79 Å². The summed E-state index contributed by atoms with van der Waals surface area (Å²) in [6, 6.07) is 0. The number of aromatic nitrogens is 4. The van der Waals surface area contributed by atoms with Gasteiger partial charge in [0.15, 0.2) is 0 Å². The van der Waals surface area contributed by atoms with Gasteiger partial charge >= 0.3 is 5.97 Å². The molecular weight excluding hydrogens is 228 g/mol. The van der Waals surface area contributed by atoms with Crippen molar-refractivity contribution in [2.24, 2.45) is 0 Å². The Balaban J connectivity index is 2.06. The van der Waals surface area contributed by atoms with E-state index in [1.807, 2.05) is 0 Å². The number of ether oxygens (including phenoxy) is 1. The van der Waals surface area contributed by atoms with Crippen LogP contribution in [0.4, 0.5) is 0 Å². The molecule has 16 heavy (non-hydrogen) atoms. The van der Waals surface area contributed by atoms with Crippen LogP contribution < -0.4 is 0 Å². The minimum Gasteiger partial charge on any atom is -0.466 e. The summed E-state index contributed by atoms with van der Waals surface area (Å²) in [4.78, 5) is 19.3. The standard InChI is InChI=1S/C9H10N4O2S/c1-2-15-8(14)5-7-11-9(12-16-7)13-4-3-10-6-13/h3-4,6H,2,5H2,1H3. The summed E-state index contributed by atoms with van der Waals surface area (Å²) in [5, 5.41) is 0.641. The van der Waals surface area contributed by atoms with Gasteiger partial charge in [-0.3, -0.25) is 9.36 Å². The van der Waals surface area contributed by atoms with E-state index in [4.69, 9.17) is 4.74 Å². The highest BCUT2D eigenvalue weighted by Crippen LogP contribution is 2.09. The summed E-state index contributed by atoms with van der Waals surface area (Å²) in [7, 11) is 0. The molecule has 0 unspecified atom stereocenters. The first kappa shape index (κ1) is 10.7. The zero-order chi connectivity index (χ0) is 11.4. The van der Waals surface area contributed by atoms with Gasteiger partial charge in [-0.15, -0.1) is 0 Å². The molecule has 0 atom stereocenters. The van der Waals surface area contributed by atoms with E-state index in [1.54, 1.807) is 30.2 Å². The topological polar surface area (TPSA) is 69.9 Å². The van der Waals surface area contributed by atoms with E-state index in [-0.39, 0.29) is 12.4 Å². The van der Waals surface area contributed by atoms with E-state index >= 15 is 0 Å². The molecule has 0 N–H and O–H groups in total. The second-order valence-corrected chi connectivity index (χ2v) is 3.78. The maximum Gasteiger partial charge on any atom is 0.312 e. The number of nitrogens with zero attached hydrogens (tertiary/aromatic N) is 4. The fraction of sp³-hybridized carbons (Fsp3) is 0.333. The van der Waals surface area contributed by atoms with Crippen LogP contribution in [0.3, 0.4) is 0 Å². The molecule has 0 aromatic carbocycles. The van der Waals surface area contributed by atoms with E-state index in [0.29, 0.717) is 17.6 Å². The van der Waals surface area contributed by atoms with Crippen LogP contribution in [-0.2, 0) is 16.0 Å². The van der Waals surface area contributed by atoms with E-state index in [2.05, 4.69) is 14.3 Å². The number of rotatable bonds is 4. The van der Waals surface area contributed by atoms with Crippen LogP contribution in [0.2, 0.25) is 0 Å². The highest BCUT2D eigenvalue weighted by molar-refractivity contribution is 7.05. The van der Waals surface area contributed by atoms with Gasteiger partial charge in [-0.25, -0.2) is 9.97 Å². The van der Waals surface area contributed by atoms with Crippen LogP contribution in [0.1, 0.15) is 11.9 Å². The number of carbonyl (C=O) groups is 1. The second-order valence-electron chi connectivity index (χ2n) is 2.94. The molecular formula is C9H10N4O2S. The quantitative estimate of drug-likeness (QED) is 0.738. The predicted octanol–water partition coefficient (Wildman–Crippen LogP) is 0.829. The largest absolute Gasteiger partial charge is 0.466 e. The highest BCUT2D eigenvalue weighted by atomic mass is 32.1. The molecule has 7 heteroatoms. The SMILES string of the molecule is CCOC(=O)Cc1nc(-n2ccnc2)ns1. The van der Waals surface area contributed by atoms with Gasteiger partial charge in [-0.2, -0.15) is 4.37 Å². The van der Waals surface area contributed by atoms with Crippen LogP contribution in [0.25, 0.3) is 5.95 Å². The zero-order valence-corrected chi connectivity index (χ0v) is 9.48. The fourth-order valence-corrected chi connectivity index (χ4v) is 1.76. The Morgan fingerprint density at radius 2 is 2.50 bits per heavy atom. The van der Waals surface area contributed by atoms with Gasteiger partial charge in [0.1, 0.15) is 11.3 Å². The Hall–Kier alpha value is -1.76. The molecule has 0 aliphatic rings. The van der Waals surface area contributed by atoms with Gasteiger partial charge < -0.3 is 4.74 Å². The number of hydrogen-bond acceptors (Lipinski definition) is 6. The molecule has 0 fully saturated rings. The summed E-state index contributed by atoms with van der Waals surface area (Å²) < 4.78 is 10.6. The average Bonchev–Trinajstić information content (AvgIpc) is 2.86. The van der Waals surface area contributed by atoms with Crippen molar-refractivity contribution in [2.75, 3.05) is 6.61 Å². The lowest BCUT2D eigenvalue weighted by atomic mass is 10.4. The highest BCUT2D eigenvalue weighted by Gasteiger charge is 2.10. The summed E-state index contributed by atoms with van der Waals surface area (Å²) in [6.07, 6.45) is 5.17. The average molecular weight is 238 g/mol. The summed E-state index contributed by atoms with van der Waals surface area (Å²) >= 11 is 1.19. The Morgan fingerprint density at radius 3 is 3.19 bits per heavy atom. The Bertz CT molecular complexity index is 466. The number of carbonyl (C=O) groups excluding carboxylic acids is 1. The monoisotopic (exact) mass is 238 g/mol. The minimum absolute atomic E-state index is 0.167. The molecule has 0 bridgehead atoms. The summed E-state index contributed by atoms with van der Waals surface area (Å²) in [5.74, 6) is 0.248. The molecule has 84 valence electrons. The third-order valence-corrected chi connectivity index (χ3v) is 2.49. The Labute approximate surface area is 96.1 Å². The fourth-order valence-electron chi connectivity index (χ4n) is 1.14. The maximum atomic E-state index is 11.2. The molecule has 2 aromatic heterocycles. The van der Waals surface area contributed by atoms with Crippen molar-refractivity contribution in [1.29, 1.82) is 0 Å². The van der Waals surface area contributed by atoms with Crippen LogP contribution >= 0.6 is 11.5 Å². The molecule has 6 nitrogen and oxygen atoms in total. The van der Waals surface area contributed by atoms with Crippen molar-refractivity contribution in [1.82, 2.24) is 18.9 Å². The smallest absolute Gasteiger partial charge is 0.312 e. The molecule has 0 radical (unpaired) electrons. The van der Waals surface area contributed by atoms with Crippen molar-refractivity contribution in [3.05, 3.63) is 23.7 Å². The summed E-state index contributed by atoms with van der Waals surface area (Å²) in [6.45, 7) is 2.15. The van der Waals surface area contributed by atoms with Crippen molar-refractivity contribution < 1.29 is 9.53 Å². The molecule has 2 aromatic rings. The molecule has 0 saturated heterocycles. The normalized spacial score (nSPS) is 10.3. The Kier molecular flexibility index (Phi) is 3.25. The molecule has 0 saturated carbocycles. The van der Waals surface area contributed by atoms with Gasteiger partial charge in [0.05, 0.1) is 13.0 Å². The number of esters is 1. The first-order chi connectivity index (χ1) is 7.79. The van der Waals surface area contributed by atoms with Gasteiger partial charge in [-0.1, -0.05) is 0 Å². The van der Waals surface area contributed by atoms with Gasteiger partial charge in [0, 0.05) is 12.4 Å². The maximum absolute atomic E-state index is 11.2. The summed E-state index contributed by atoms with van der Waals surface area (Å²) in [5.41, 5.74) is 0. The van der Waals surface area contributed by atoms with Gasteiger partial charge in [0.2, 0.25) is 5.95 Å². The molecule has 0 aliphatic heterocycles. The number of hydrogen-bond donors (Lipinski definition) is 0. The van der Waals surface area contributed by atoms with Crippen LogP contribution in [0.15, 0.2) is 18.7 Å². The molecule has 0 amide bonds. The lowest BCUT2D eigenvalue weighted by Crippen LogP contribution is -2.07. The molecule has 0 spiro atoms. The van der Waals surface area contributed by atoms with E-state index < -0.39 is 0 Å². The van der Waals surface area contributed by atoms with Crippen LogP contribution in [0.5, 0.6) is 0 Å². The van der Waals surface area contributed by atoms with Crippen LogP contribution in [-0.4, -0.2) is 31.5 Å². The molecule has 2 heterocycles. The van der Waals surface area contributed by atoms with Crippen molar-refractivity contribution >= 4 is 17.5 Å². The first-order valence-corrected chi connectivity index (χ1v) is 5.53. The van der Waals surface area contributed by atoms with Gasteiger partial charge in [0.25, 0.3) is 0 Å². The number of imidazole rings is 1. The van der Waals surface area contributed by atoms with Gasteiger partial charge in [-0.05, 0) is 18.5 Å². The Morgan fingerprint density at radius 1 is 1.62 bits per heavy atom. The lowest BCUT2D eigenvalue weighted by Gasteiger charge is -1.97. The molecule has 0 aliphatic carbocycles. The third kappa shape index (κ3) is 2.43. The first-order valence-electron chi connectivity index (χ1n) is 4.76. The minimum atomic E-state index is -0.282. The van der Waals surface area contributed by atoms with E-state index in [1.165, 1.54) is 11.5 Å². The predicted molar refractivity (Wildman–Crippen MR) is 57.4 cm³/mol. The molecule has 2 rings (SSSR count). The van der Waals surface area contributed by atoms with Crippen molar-refractivity contribution in [3.63, 3.8) is 0 Å². The second kappa shape index (κ2) is 4.84.